The molecule has 0 aromatic heterocycles. The van der Waals surface area contributed by atoms with Gasteiger partial charge in [0.1, 0.15) is 11.5 Å². The van der Waals surface area contributed by atoms with Crippen molar-refractivity contribution < 1.29 is 22.7 Å². The first-order chi connectivity index (χ1) is 14.3. The highest BCUT2D eigenvalue weighted by Gasteiger charge is 2.16. The van der Waals surface area contributed by atoms with Crippen LogP contribution in [-0.2, 0) is 10.0 Å². The maximum atomic E-state index is 12.6. The summed E-state index contributed by atoms with van der Waals surface area (Å²) < 4.78 is 37.9. The number of carbonyl (C=O) groups is 1. The Morgan fingerprint density at radius 2 is 1.53 bits per heavy atom. The van der Waals surface area contributed by atoms with Crippen LogP contribution in [0.25, 0.3) is 0 Å². The van der Waals surface area contributed by atoms with Gasteiger partial charge in [0.2, 0.25) is 0 Å². The minimum absolute atomic E-state index is 0.0898. The Hall–Kier alpha value is -3.52. The number of hydrogen-bond donors (Lipinski definition) is 2. The molecule has 0 saturated carbocycles. The van der Waals surface area contributed by atoms with Crippen LogP contribution in [-0.4, -0.2) is 28.5 Å². The highest BCUT2D eigenvalue weighted by atomic mass is 32.2. The molecule has 0 atom stereocenters. The zero-order chi connectivity index (χ0) is 21.7. The number of carbonyl (C=O) groups excluding carboxylic acids is 1. The SMILES string of the molecule is COc1ccc(S(=O)(=O)Nc2cccc(C(=O)Nc3ccc(OC)cc3C)c2)cc1. The fourth-order valence-corrected chi connectivity index (χ4v) is 3.84. The van der Waals surface area contributed by atoms with E-state index in [0.717, 1.165) is 5.56 Å². The van der Waals surface area contributed by atoms with Crippen molar-refractivity contribution in [2.24, 2.45) is 0 Å². The van der Waals surface area contributed by atoms with Gasteiger partial charge in [-0.3, -0.25) is 9.52 Å². The number of nitrogens with one attached hydrogen (secondary N) is 2. The molecular weight excluding hydrogens is 404 g/mol. The first-order valence-electron chi connectivity index (χ1n) is 9.05. The third kappa shape index (κ3) is 4.90. The lowest BCUT2D eigenvalue weighted by atomic mass is 10.1. The third-order valence-corrected chi connectivity index (χ3v) is 5.83. The summed E-state index contributed by atoms with van der Waals surface area (Å²) in [6.45, 7) is 1.86. The second-order valence-electron chi connectivity index (χ2n) is 6.50. The molecule has 3 aromatic carbocycles. The van der Waals surface area contributed by atoms with E-state index in [1.165, 1.54) is 25.3 Å². The molecule has 0 radical (unpaired) electrons. The molecule has 30 heavy (non-hydrogen) atoms. The van der Waals surface area contributed by atoms with E-state index in [-0.39, 0.29) is 16.5 Å². The average molecular weight is 426 g/mol. The second-order valence-corrected chi connectivity index (χ2v) is 8.18. The van der Waals surface area contributed by atoms with Crippen LogP contribution in [0.4, 0.5) is 11.4 Å². The molecule has 0 aliphatic heterocycles. The maximum Gasteiger partial charge on any atom is 0.261 e. The molecule has 3 rings (SSSR count). The number of benzene rings is 3. The summed E-state index contributed by atoms with van der Waals surface area (Å²) >= 11 is 0. The van der Waals surface area contributed by atoms with Crippen LogP contribution in [0.15, 0.2) is 71.6 Å². The van der Waals surface area contributed by atoms with Crippen molar-refractivity contribution in [2.75, 3.05) is 24.3 Å². The summed E-state index contributed by atoms with van der Waals surface area (Å²) in [4.78, 5) is 12.7. The average Bonchev–Trinajstić information content (AvgIpc) is 2.75. The van der Waals surface area contributed by atoms with E-state index >= 15 is 0 Å². The van der Waals surface area contributed by atoms with Gasteiger partial charge in [0.05, 0.1) is 19.1 Å². The number of anilines is 2. The van der Waals surface area contributed by atoms with E-state index in [9.17, 15) is 13.2 Å². The van der Waals surface area contributed by atoms with Crippen LogP contribution in [0.1, 0.15) is 15.9 Å². The number of ether oxygens (including phenoxy) is 2. The quantitative estimate of drug-likeness (QED) is 0.594. The van der Waals surface area contributed by atoms with Crippen molar-refractivity contribution in [1.82, 2.24) is 0 Å². The number of rotatable bonds is 7. The molecule has 156 valence electrons. The van der Waals surface area contributed by atoms with Gasteiger partial charge in [0.15, 0.2) is 0 Å². The molecule has 3 aromatic rings. The summed E-state index contributed by atoms with van der Waals surface area (Å²) in [7, 11) is -0.725. The zero-order valence-corrected chi connectivity index (χ0v) is 17.6. The summed E-state index contributed by atoms with van der Waals surface area (Å²) in [6.07, 6.45) is 0. The van der Waals surface area contributed by atoms with E-state index in [1.807, 2.05) is 13.0 Å². The molecule has 0 bridgehead atoms. The third-order valence-electron chi connectivity index (χ3n) is 4.43. The Kier molecular flexibility index (Phi) is 6.27. The number of amides is 1. The molecule has 2 N–H and O–H groups in total. The Balaban J connectivity index is 1.77. The zero-order valence-electron chi connectivity index (χ0n) is 16.8. The van der Waals surface area contributed by atoms with Crippen molar-refractivity contribution in [1.29, 1.82) is 0 Å². The van der Waals surface area contributed by atoms with Crippen LogP contribution < -0.4 is 19.5 Å². The van der Waals surface area contributed by atoms with Gasteiger partial charge in [0, 0.05) is 16.9 Å². The lowest BCUT2D eigenvalue weighted by Crippen LogP contribution is -2.15. The normalized spacial score (nSPS) is 10.9. The molecule has 0 fully saturated rings. The molecule has 0 saturated heterocycles. The van der Waals surface area contributed by atoms with Gasteiger partial charge in [-0.2, -0.15) is 0 Å². The predicted octanol–water partition coefficient (Wildman–Crippen LogP) is 4.07. The fraction of sp³-hybridized carbons (Fsp3) is 0.136. The van der Waals surface area contributed by atoms with Crippen molar-refractivity contribution in [3.8, 4) is 11.5 Å². The standard InChI is InChI=1S/C22H22N2O5S/c1-15-13-19(29-3)9-12-21(15)23-22(25)16-5-4-6-17(14-16)24-30(26,27)20-10-7-18(28-2)8-11-20/h4-14,24H,1-3H3,(H,23,25). The Bertz CT molecular complexity index is 1160. The first-order valence-corrected chi connectivity index (χ1v) is 10.5. The molecule has 0 spiro atoms. The monoisotopic (exact) mass is 426 g/mol. The van der Waals surface area contributed by atoms with E-state index in [2.05, 4.69) is 10.0 Å². The van der Waals surface area contributed by atoms with Gasteiger partial charge in [0.25, 0.3) is 15.9 Å². The van der Waals surface area contributed by atoms with Gasteiger partial charge in [-0.1, -0.05) is 6.07 Å². The van der Waals surface area contributed by atoms with E-state index in [0.29, 0.717) is 22.7 Å². The molecule has 0 unspecified atom stereocenters. The summed E-state index contributed by atoms with van der Waals surface area (Å²) in [5.41, 5.74) is 2.09. The van der Waals surface area contributed by atoms with Gasteiger partial charge in [-0.05, 0) is 73.2 Å². The molecular formula is C22H22N2O5S. The van der Waals surface area contributed by atoms with Crippen LogP contribution in [0.3, 0.4) is 0 Å². The molecule has 7 nitrogen and oxygen atoms in total. The molecule has 0 heterocycles. The fourth-order valence-electron chi connectivity index (χ4n) is 2.79. The van der Waals surface area contributed by atoms with Crippen molar-refractivity contribution >= 4 is 27.3 Å². The number of methoxy groups -OCH3 is 2. The molecule has 1 amide bonds. The lowest BCUT2D eigenvalue weighted by molar-refractivity contribution is 0.102. The van der Waals surface area contributed by atoms with Crippen LogP contribution in [0.5, 0.6) is 11.5 Å². The van der Waals surface area contributed by atoms with E-state index in [4.69, 9.17) is 9.47 Å². The summed E-state index contributed by atoms with van der Waals surface area (Å²) in [6, 6.07) is 17.6. The number of sulfonamides is 1. The van der Waals surface area contributed by atoms with E-state index < -0.39 is 10.0 Å². The molecule has 0 aliphatic rings. The topological polar surface area (TPSA) is 93.7 Å². The van der Waals surface area contributed by atoms with Gasteiger partial charge in [-0.25, -0.2) is 8.42 Å². The van der Waals surface area contributed by atoms with Crippen molar-refractivity contribution in [3.05, 3.63) is 77.9 Å². The Morgan fingerprint density at radius 1 is 0.867 bits per heavy atom. The van der Waals surface area contributed by atoms with Crippen LogP contribution >= 0.6 is 0 Å². The minimum atomic E-state index is -3.81. The maximum absolute atomic E-state index is 12.6. The van der Waals surface area contributed by atoms with Crippen molar-refractivity contribution in [3.63, 3.8) is 0 Å². The Labute approximate surface area is 175 Å². The van der Waals surface area contributed by atoms with E-state index in [1.54, 1.807) is 49.6 Å². The largest absolute Gasteiger partial charge is 0.497 e. The first kappa shape index (κ1) is 21.2. The highest BCUT2D eigenvalue weighted by Crippen LogP contribution is 2.23. The minimum Gasteiger partial charge on any atom is -0.497 e. The number of hydrogen-bond acceptors (Lipinski definition) is 5. The molecule has 8 heteroatoms. The smallest absolute Gasteiger partial charge is 0.261 e. The lowest BCUT2D eigenvalue weighted by Gasteiger charge is -2.12. The van der Waals surface area contributed by atoms with Crippen LogP contribution in [0.2, 0.25) is 0 Å². The van der Waals surface area contributed by atoms with Crippen molar-refractivity contribution in [2.45, 2.75) is 11.8 Å². The van der Waals surface area contributed by atoms with Gasteiger partial charge < -0.3 is 14.8 Å². The summed E-state index contributed by atoms with van der Waals surface area (Å²) in [5.74, 6) is 0.899. The summed E-state index contributed by atoms with van der Waals surface area (Å²) in [5, 5.41) is 2.83. The highest BCUT2D eigenvalue weighted by molar-refractivity contribution is 7.92. The predicted molar refractivity (Wildman–Crippen MR) is 116 cm³/mol. The van der Waals surface area contributed by atoms with Gasteiger partial charge in [-0.15, -0.1) is 0 Å². The van der Waals surface area contributed by atoms with Crippen LogP contribution in [0, 0.1) is 6.92 Å². The van der Waals surface area contributed by atoms with Gasteiger partial charge >= 0.3 is 0 Å². The Morgan fingerprint density at radius 3 is 2.17 bits per heavy atom. The second kappa shape index (κ2) is 8.87. The molecule has 0 aliphatic carbocycles. The number of aryl methyl sites for hydroxylation is 1.